The third-order valence-electron chi connectivity index (χ3n) is 3.69. The number of hydrogen-bond donors (Lipinski definition) is 1. The predicted octanol–water partition coefficient (Wildman–Crippen LogP) is 2.36. The van der Waals surface area contributed by atoms with Crippen LogP contribution in [0.4, 0.5) is 9.18 Å². The molecule has 0 aromatic heterocycles. The van der Waals surface area contributed by atoms with Crippen LogP contribution in [0.2, 0.25) is 0 Å². The molecule has 5 nitrogen and oxygen atoms in total. The second kappa shape index (κ2) is 10.3. The van der Waals surface area contributed by atoms with E-state index >= 15 is 0 Å². The Balaban J connectivity index is 0.00000264. The molecule has 0 unspecified atom stereocenters. The third-order valence-corrected chi connectivity index (χ3v) is 3.69. The van der Waals surface area contributed by atoms with Gasteiger partial charge in [-0.2, -0.15) is 0 Å². The molecule has 23 heavy (non-hydrogen) atoms. The van der Waals surface area contributed by atoms with Gasteiger partial charge < -0.3 is 15.0 Å². The van der Waals surface area contributed by atoms with Gasteiger partial charge >= 0.3 is 6.03 Å². The molecular weight excluding hydrogens is 321 g/mol. The van der Waals surface area contributed by atoms with E-state index in [1.54, 1.807) is 12.1 Å². The van der Waals surface area contributed by atoms with Crippen LogP contribution in [0.3, 0.4) is 0 Å². The number of halogens is 2. The lowest BCUT2D eigenvalue weighted by atomic mass is 10.3. The Kier molecular flexibility index (Phi) is 8.73. The van der Waals surface area contributed by atoms with Crippen LogP contribution in [-0.2, 0) is 0 Å². The number of amides is 2. The molecule has 1 aliphatic rings. The van der Waals surface area contributed by atoms with Crippen molar-refractivity contribution in [3.8, 4) is 5.75 Å². The van der Waals surface area contributed by atoms with Crippen LogP contribution in [0, 0.1) is 5.82 Å². The number of carbonyl (C=O) groups excluding carboxylic acids is 1. The molecule has 1 aromatic carbocycles. The number of benzene rings is 1. The summed E-state index contributed by atoms with van der Waals surface area (Å²) in [5.74, 6) is 0.444. The maximum absolute atomic E-state index is 12.8. The smallest absolute Gasteiger partial charge is 0.317 e. The van der Waals surface area contributed by atoms with Gasteiger partial charge in [-0.3, -0.25) is 4.90 Å². The van der Waals surface area contributed by atoms with Crippen LogP contribution >= 0.6 is 12.4 Å². The first kappa shape index (κ1) is 19.5. The van der Waals surface area contributed by atoms with Gasteiger partial charge in [0, 0.05) is 39.3 Å². The lowest BCUT2D eigenvalue weighted by Crippen LogP contribution is -2.51. The van der Waals surface area contributed by atoms with Crippen molar-refractivity contribution < 1.29 is 13.9 Å². The molecule has 1 saturated heterocycles. The lowest BCUT2D eigenvalue weighted by molar-refractivity contribution is 0.134. The molecule has 0 atom stereocenters. The summed E-state index contributed by atoms with van der Waals surface area (Å²) in [6.07, 6.45) is 0.915. The molecular formula is C16H25ClFN3O2. The summed E-state index contributed by atoms with van der Waals surface area (Å²) in [6, 6.07) is 6.11. The molecule has 1 N–H and O–H groups in total. The van der Waals surface area contributed by atoms with E-state index in [1.807, 2.05) is 11.8 Å². The van der Waals surface area contributed by atoms with Gasteiger partial charge in [0.1, 0.15) is 11.6 Å². The molecule has 7 heteroatoms. The van der Waals surface area contributed by atoms with Gasteiger partial charge in [0.15, 0.2) is 0 Å². The van der Waals surface area contributed by atoms with E-state index in [0.717, 1.165) is 39.1 Å². The molecule has 0 radical (unpaired) electrons. The monoisotopic (exact) mass is 345 g/mol. The second-order valence-corrected chi connectivity index (χ2v) is 5.32. The Morgan fingerprint density at radius 2 is 1.87 bits per heavy atom. The number of urea groups is 1. The largest absolute Gasteiger partial charge is 0.494 e. The van der Waals surface area contributed by atoms with Crippen molar-refractivity contribution in [1.29, 1.82) is 0 Å². The van der Waals surface area contributed by atoms with Crippen LogP contribution in [0.15, 0.2) is 24.3 Å². The Morgan fingerprint density at radius 3 is 2.48 bits per heavy atom. The van der Waals surface area contributed by atoms with Gasteiger partial charge in [-0.25, -0.2) is 9.18 Å². The third kappa shape index (κ3) is 6.62. The van der Waals surface area contributed by atoms with Crippen LogP contribution in [0.25, 0.3) is 0 Å². The van der Waals surface area contributed by atoms with Crippen LogP contribution in [0.1, 0.15) is 13.3 Å². The first-order chi connectivity index (χ1) is 10.7. The number of hydrogen-bond acceptors (Lipinski definition) is 3. The molecule has 2 amide bonds. The quantitative estimate of drug-likeness (QED) is 0.805. The Morgan fingerprint density at radius 1 is 1.22 bits per heavy atom. The Hall–Kier alpha value is -1.53. The molecule has 0 bridgehead atoms. The molecule has 2 rings (SSSR count). The first-order valence-corrected chi connectivity index (χ1v) is 7.82. The maximum atomic E-state index is 12.8. The van der Waals surface area contributed by atoms with E-state index in [2.05, 4.69) is 10.2 Å². The average Bonchev–Trinajstić information content (AvgIpc) is 2.54. The summed E-state index contributed by atoms with van der Waals surface area (Å²) < 4.78 is 18.3. The van der Waals surface area contributed by atoms with E-state index < -0.39 is 0 Å². The van der Waals surface area contributed by atoms with E-state index in [1.165, 1.54) is 12.1 Å². The second-order valence-electron chi connectivity index (χ2n) is 5.32. The predicted molar refractivity (Wildman–Crippen MR) is 90.8 cm³/mol. The van der Waals surface area contributed by atoms with Gasteiger partial charge in [-0.1, -0.05) is 0 Å². The highest BCUT2D eigenvalue weighted by molar-refractivity contribution is 5.85. The molecule has 0 aliphatic carbocycles. The van der Waals surface area contributed by atoms with Gasteiger partial charge in [-0.15, -0.1) is 12.4 Å². The van der Waals surface area contributed by atoms with Crippen LogP contribution in [0.5, 0.6) is 5.75 Å². The molecule has 1 heterocycles. The van der Waals surface area contributed by atoms with Crippen molar-refractivity contribution in [2.24, 2.45) is 0 Å². The molecule has 1 aromatic rings. The minimum atomic E-state index is -0.252. The molecule has 0 spiro atoms. The number of nitrogens with one attached hydrogen (secondary N) is 1. The fourth-order valence-electron chi connectivity index (χ4n) is 2.45. The zero-order chi connectivity index (χ0) is 15.8. The van der Waals surface area contributed by atoms with Crippen LogP contribution in [-0.4, -0.2) is 61.7 Å². The van der Waals surface area contributed by atoms with E-state index in [4.69, 9.17) is 4.74 Å². The summed E-state index contributed by atoms with van der Waals surface area (Å²) >= 11 is 0. The highest BCUT2D eigenvalue weighted by atomic mass is 35.5. The van der Waals surface area contributed by atoms with Crippen molar-refractivity contribution in [2.45, 2.75) is 13.3 Å². The van der Waals surface area contributed by atoms with Crippen molar-refractivity contribution in [1.82, 2.24) is 15.1 Å². The number of ether oxygens (including phenoxy) is 1. The summed E-state index contributed by atoms with van der Waals surface area (Å²) in [5, 5.41) is 2.83. The first-order valence-electron chi connectivity index (χ1n) is 7.82. The van der Waals surface area contributed by atoms with Crippen molar-refractivity contribution >= 4 is 18.4 Å². The van der Waals surface area contributed by atoms with Crippen LogP contribution < -0.4 is 10.1 Å². The number of piperazine rings is 1. The lowest BCUT2D eigenvalue weighted by Gasteiger charge is -2.34. The maximum Gasteiger partial charge on any atom is 0.317 e. The standard InChI is InChI=1S/C16H24FN3O2.ClH/c1-2-18-16(21)20-11-9-19(10-12-20)8-3-13-22-15-6-4-14(17)5-7-15;/h4-7H,2-3,8-13H2,1H3,(H,18,21);1H. The zero-order valence-electron chi connectivity index (χ0n) is 13.5. The number of rotatable bonds is 6. The van der Waals surface area contributed by atoms with E-state index in [0.29, 0.717) is 18.9 Å². The molecule has 1 aliphatic heterocycles. The summed E-state index contributed by atoms with van der Waals surface area (Å²) in [5.41, 5.74) is 0. The normalized spacial score (nSPS) is 15.0. The number of carbonyl (C=O) groups is 1. The summed E-state index contributed by atoms with van der Waals surface area (Å²) in [4.78, 5) is 15.9. The molecule has 130 valence electrons. The van der Waals surface area contributed by atoms with Crippen molar-refractivity contribution in [2.75, 3.05) is 45.9 Å². The summed E-state index contributed by atoms with van der Waals surface area (Å²) in [6.45, 7) is 7.48. The molecule has 0 saturated carbocycles. The SMILES string of the molecule is CCNC(=O)N1CCN(CCCOc2ccc(F)cc2)CC1.Cl. The van der Waals surface area contributed by atoms with Gasteiger partial charge in [0.05, 0.1) is 6.61 Å². The fraction of sp³-hybridized carbons (Fsp3) is 0.562. The fourth-order valence-corrected chi connectivity index (χ4v) is 2.45. The zero-order valence-corrected chi connectivity index (χ0v) is 14.3. The summed E-state index contributed by atoms with van der Waals surface area (Å²) in [7, 11) is 0. The minimum Gasteiger partial charge on any atom is -0.494 e. The highest BCUT2D eigenvalue weighted by Crippen LogP contribution is 2.11. The van der Waals surface area contributed by atoms with Gasteiger partial charge in [-0.05, 0) is 37.6 Å². The van der Waals surface area contributed by atoms with E-state index in [9.17, 15) is 9.18 Å². The van der Waals surface area contributed by atoms with E-state index in [-0.39, 0.29) is 24.3 Å². The minimum absolute atomic E-state index is 0. The molecule has 1 fully saturated rings. The highest BCUT2D eigenvalue weighted by Gasteiger charge is 2.19. The van der Waals surface area contributed by atoms with Crippen molar-refractivity contribution in [3.05, 3.63) is 30.1 Å². The van der Waals surface area contributed by atoms with Gasteiger partial charge in [0.25, 0.3) is 0 Å². The van der Waals surface area contributed by atoms with Crippen molar-refractivity contribution in [3.63, 3.8) is 0 Å². The topological polar surface area (TPSA) is 44.8 Å². The number of nitrogens with zero attached hydrogens (tertiary/aromatic N) is 2. The Labute approximate surface area is 143 Å². The van der Waals surface area contributed by atoms with Gasteiger partial charge in [0.2, 0.25) is 0 Å². The Bertz CT molecular complexity index is 465. The average molecular weight is 346 g/mol.